The van der Waals surface area contributed by atoms with E-state index in [0.717, 1.165) is 16.3 Å². The molecular formula is C19H17NO3. The summed E-state index contributed by atoms with van der Waals surface area (Å²) in [7, 11) is 0. The van der Waals surface area contributed by atoms with Gasteiger partial charge in [-0.2, -0.15) is 0 Å². The number of ketones is 1. The highest BCUT2D eigenvalue weighted by Crippen LogP contribution is 2.16. The monoisotopic (exact) mass is 307 g/mol. The van der Waals surface area contributed by atoms with Gasteiger partial charge >= 0.3 is 5.97 Å². The molecule has 116 valence electrons. The molecule has 3 rings (SSSR count). The highest BCUT2D eigenvalue weighted by atomic mass is 16.4. The number of rotatable bonds is 6. The maximum absolute atomic E-state index is 12.4. The van der Waals surface area contributed by atoms with E-state index in [0.29, 0.717) is 0 Å². The number of Topliss-reactive ketones (excluding diaryl/α,β-unsaturated/α-hetero) is 1. The topological polar surface area (TPSA) is 59.3 Å². The molecule has 2 aromatic carbocycles. The maximum Gasteiger partial charge on any atom is 0.314 e. The van der Waals surface area contributed by atoms with Crippen molar-refractivity contribution in [2.75, 3.05) is 0 Å². The number of hydrogen-bond acceptors (Lipinski definition) is 2. The molecule has 0 radical (unpaired) electrons. The van der Waals surface area contributed by atoms with Crippen LogP contribution in [0.4, 0.5) is 0 Å². The highest BCUT2D eigenvalue weighted by molar-refractivity contribution is 5.98. The molecule has 1 heterocycles. The van der Waals surface area contributed by atoms with Crippen LogP contribution in [0, 0.1) is 5.92 Å². The molecule has 0 amide bonds. The Morgan fingerprint density at radius 3 is 2.04 bits per heavy atom. The fourth-order valence-corrected chi connectivity index (χ4v) is 2.71. The molecule has 4 heteroatoms. The second-order valence-corrected chi connectivity index (χ2v) is 5.61. The Morgan fingerprint density at radius 1 is 0.913 bits per heavy atom. The number of benzene rings is 2. The average Bonchev–Trinajstić information content (AvgIpc) is 2.95. The first-order valence-electron chi connectivity index (χ1n) is 7.47. The number of aromatic nitrogens is 1. The summed E-state index contributed by atoms with van der Waals surface area (Å²) < 4.78 is 1.76. The van der Waals surface area contributed by atoms with Crippen molar-refractivity contribution < 1.29 is 14.7 Å². The summed E-state index contributed by atoms with van der Waals surface area (Å²) in [4.78, 5) is 23.9. The summed E-state index contributed by atoms with van der Waals surface area (Å²) in [6.45, 7) is 0.0679. The van der Waals surface area contributed by atoms with Crippen molar-refractivity contribution in [1.29, 1.82) is 0 Å². The Balaban J connectivity index is 1.77. The minimum absolute atomic E-state index is 0.0679. The second-order valence-electron chi connectivity index (χ2n) is 5.61. The first-order valence-corrected chi connectivity index (χ1v) is 7.47. The quantitative estimate of drug-likeness (QED) is 0.712. The number of carboxylic acids is 1. The number of carboxylic acid groups (broad SMARTS) is 1. The van der Waals surface area contributed by atoms with Gasteiger partial charge in [-0.25, -0.2) is 0 Å². The van der Waals surface area contributed by atoms with Gasteiger partial charge in [-0.15, -0.1) is 0 Å². The average molecular weight is 307 g/mol. The van der Waals surface area contributed by atoms with Gasteiger partial charge in [0.2, 0.25) is 0 Å². The van der Waals surface area contributed by atoms with Crippen LogP contribution < -0.4 is 0 Å². The number of carbonyl (C=O) groups is 2. The predicted octanol–water partition coefficient (Wildman–Crippen LogP) is 3.15. The maximum atomic E-state index is 12.4. The van der Waals surface area contributed by atoms with Gasteiger partial charge in [0.05, 0.1) is 6.54 Å². The Labute approximate surface area is 134 Å². The van der Waals surface area contributed by atoms with Crippen LogP contribution in [-0.2, 0) is 22.6 Å². The molecule has 0 aliphatic carbocycles. The molecule has 3 aromatic rings. The Kier molecular flexibility index (Phi) is 4.24. The Hall–Kier alpha value is -2.88. The van der Waals surface area contributed by atoms with Gasteiger partial charge in [0.15, 0.2) is 5.78 Å². The van der Waals surface area contributed by atoms with E-state index >= 15 is 0 Å². The van der Waals surface area contributed by atoms with Gasteiger partial charge in [0, 0.05) is 12.4 Å². The third-order valence-electron chi connectivity index (χ3n) is 3.91. The molecule has 0 aliphatic heterocycles. The van der Waals surface area contributed by atoms with Crippen LogP contribution in [0.15, 0.2) is 67.0 Å². The molecule has 23 heavy (non-hydrogen) atoms. The summed E-state index contributed by atoms with van der Waals surface area (Å²) >= 11 is 0. The molecule has 1 atom stereocenters. The van der Waals surface area contributed by atoms with Crippen molar-refractivity contribution in [1.82, 2.24) is 4.57 Å². The number of aliphatic carboxylic acids is 1. The Morgan fingerprint density at radius 2 is 1.48 bits per heavy atom. The SMILES string of the molecule is O=C(O)C(Cc1ccccc1)C(=O)Cn1cc2ccccc2c1. The van der Waals surface area contributed by atoms with Crippen molar-refractivity contribution in [2.45, 2.75) is 13.0 Å². The van der Waals surface area contributed by atoms with Crippen molar-refractivity contribution in [3.05, 3.63) is 72.6 Å². The van der Waals surface area contributed by atoms with Gasteiger partial charge in [0.1, 0.15) is 5.92 Å². The standard InChI is InChI=1S/C19H17NO3/c21-18(13-20-11-15-8-4-5-9-16(15)12-20)17(19(22)23)10-14-6-2-1-3-7-14/h1-9,11-12,17H,10,13H2,(H,22,23). The van der Waals surface area contributed by atoms with Gasteiger partial charge in [-0.3, -0.25) is 9.59 Å². The van der Waals surface area contributed by atoms with E-state index in [9.17, 15) is 14.7 Å². The van der Waals surface area contributed by atoms with Crippen LogP contribution in [0.3, 0.4) is 0 Å². The van der Waals surface area contributed by atoms with Gasteiger partial charge in [-0.1, -0.05) is 54.6 Å². The molecule has 1 unspecified atom stereocenters. The normalized spacial score (nSPS) is 12.2. The summed E-state index contributed by atoms with van der Waals surface area (Å²) in [5.74, 6) is -2.39. The molecule has 1 aromatic heterocycles. The molecule has 0 fully saturated rings. The third kappa shape index (κ3) is 3.48. The molecule has 4 nitrogen and oxygen atoms in total. The lowest BCUT2D eigenvalue weighted by Gasteiger charge is -2.12. The zero-order valence-corrected chi connectivity index (χ0v) is 12.6. The van der Waals surface area contributed by atoms with Gasteiger partial charge in [0.25, 0.3) is 0 Å². The molecule has 1 N–H and O–H groups in total. The molecule has 0 saturated heterocycles. The smallest absolute Gasteiger partial charge is 0.314 e. The lowest BCUT2D eigenvalue weighted by atomic mass is 9.95. The summed E-state index contributed by atoms with van der Waals surface area (Å²) in [6.07, 6.45) is 3.96. The van der Waals surface area contributed by atoms with E-state index in [2.05, 4.69) is 0 Å². The second kappa shape index (κ2) is 6.48. The lowest BCUT2D eigenvalue weighted by molar-refractivity contribution is -0.146. The number of nitrogens with zero attached hydrogens (tertiary/aromatic N) is 1. The molecule has 0 saturated carbocycles. The van der Waals surface area contributed by atoms with Gasteiger partial charge in [-0.05, 0) is 22.8 Å². The third-order valence-corrected chi connectivity index (χ3v) is 3.91. The van der Waals surface area contributed by atoms with E-state index in [4.69, 9.17) is 0 Å². The highest BCUT2D eigenvalue weighted by Gasteiger charge is 2.26. The Bertz CT molecular complexity index is 803. The van der Waals surface area contributed by atoms with Crippen molar-refractivity contribution >= 4 is 22.5 Å². The molecule has 0 aliphatic rings. The molecule has 0 spiro atoms. The van der Waals surface area contributed by atoms with Crippen LogP contribution in [0.2, 0.25) is 0 Å². The van der Waals surface area contributed by atoms with E-state index in [-0.39, 0.29) is 18.7 Å². The van der Waals surface area contributed by atoms with Gasteiger partial charge < -0.3 is 9.67 Å². The number of hydrogen-bond donors (Lipinski definition) is 1. The van der Waals surface area contributed by atoms with Crippen molar-refractivity contribution in [2.24, 2.45) is 5.92 Å². The number of fused-ring (bicyclic) bond motifs is 1. The largest absolute Gasteiger partial charge is 0.481 e. The number of carbonyl (C=O) groups excluding carboxylic acids is 1. The van der Waals surface area contributed by atoms with Crippen LogP contribution in [0.5, 0.6) is 0 Å². The minimum Gasteiger partial charge on any atom is -0.481 e. The van der Waals surface area contributed by atoms with Crippen LogP contribution >= 0.6 is 0 Å². The summed E-state index contributed by atoms with van der Waals surface area (Å²) in [6, 6.07) is 17.0. The van der Waals surface area contributed by atoms with E-state index in [1.54, 1.807) is 4.57 Å². The lowest BCUT2D eigenvalue weighted by Crippen LogP contribution is -2.28. The van der Waals surface area contributed by atoms with Crippen LogP contribution in [0.25, 0.3) is 10.8 Å². The van der Waals surface area contributed by atoms with E-state index in [1.165, 1.54) is 0 Å². The van der Waals surface area contributed by atoms with E-state index < -0.39 is 11.9 Å². The fraction of sp³-hybridized carbons (Fsp3) is 0.158. The van der Waals surface area contributed by atoms with Crippen molar-refractivity contribution in [3.8, 4) is 0 Å². The zero-order valence-electron chi connectivity index (χ0n) is 12.6. The zero-order chi connectivity index (χ0) is 16.2. The summed E-state index contributed by atoms with van der Waals surface area (Å²) in [5, 5.41) is 11.5. The predicted molar refractivity (Wildman–Crippen MR) is 88.2 cm³/mol. The first-order chi connectivity index (χ1) is 11.1. The van der Waals surface area contributed by atoms with Crippen LogP contribution in [0.1, 0.15) is 5.56 Å². The molecule has 0 bridgehead atoms. The summed E-state index contributed by atoms with van der Waals surface area (Å²) in [5.41, 5.74) is 0.853. The van der Waals surface area contributed by atoms with Crippen molar-refractivity contribution in [3.63, 3.8) is 0 Å². The minimum atomic E-state index is -1.07. The fourth-order valence-electron chi connectivity index (χ4n) is 2.71. The first kappa shape index (κ1) is 15.0. The molecular weight excluding hydrogens is 290 g/mol. The van der Waals surface area contributed by atoms with Crippen LogP contribution in [-0.4, -0.2) is 21.4 Å². The van der Waals surface area contributed by atoms with E-state index in [1.807, 2.05) is 67.0 Å².